The minimum absolute atomic E-state index is 0.0208. The molecule has 0 radical (unpaired) electrons. The average molecular weight is 123 g/mol. The van der Waals surface area contributed by atoms with Gasteiger partial charge in [0.1, 0.15) is 0 Å². The van der Waals surface area contributed by atoms with Gasteiger partial charge in [0, 0.05) is 0 Å². The van der Waals surface area contributed by atoms with Crippen molar-refractivity contribution < 1.29 is 15.6 Å². The summed E-state index contributed by atoms with van der Waals surface area (Å²) in [4.78, 5) is 0. The van der Waals surface area contributed by atoms with Gasteiger partial charge in [-0.05, 0) is 0 Å². The van der Waals surface area contributed by atoms with Crippen LogP contribution in [0.25, 0.3) is 0 Å². The summed E-state index contributed by atoms with van der Waals surface area (Å²) in [6, 6.07) is 0. The normalized spacial score (nSPS) is 11.2. The first-order valence-electron chi connectivity index (χ1n) is 1.99. The largest absolute Gasteiger partial charge is 0.299 e. The highest BCUT2D eigenvalue weighted by Crippen LogP contribution is 1.72. The van der Waals surface area contributed by atoms with Crippen molar-refractivity contribution in [1.29, 1.82) is 0 Å². The third-order valence-electron chi connectivity index (χ3n) is 0.529. The van der Waals surface area contributed by atoms with Crippen LogP contribution in [0.3, 0.4) is 0 Å². The van der Waals surface area contributed by atoms with E-state index < -0.39 is 0 Å². The Labute approximate surface area is 46.2 Å². The van der Waals surface area contributed by atoms with Crippen LogP contribution in [0, 0.1) is 0 Å². The van der Waals surface area contributed by atoms with Gasteiger partial charge in [-0.3, -0.25) is 15.6 Å². The van der Waals surface area contributed by atoms with Crippen LogP contribution in [-0.4, -0.2) is 39.1 Å². The molecule has 0 saturated heterocycles. The Morgan fingerprint density at radius 3 is 1.75 bits per heavy atom. The van der Waals surface area contributed by atoms with Gasteiger partial charge >= 0.3 is 0 Å². The molecule has 0 aliphatic rings. The van der Waals surface area contributed by atoms with Gasteiger partial charge in [0.2, 0.25) is 0 Å². The van der Waals surface area contributed by atoms with Crippen molar-refractivity contribution in [3.63, 3.8) is 0 Å². The third-order valence-corrected chi connectivity index (χ3v) is 0.529. The molecule has 0 bridgehead atoms. The smallest absolute Gasteiger partial charge is 0.0678 e. The predicted octanol–water partition coefficient (Wildman–Crippen LogP) is -1.37. The van der Waals surface area contributed by atoms with Crippen molar-refractivity contribution in [2.24, 2.45) is 5.84 Å². The lowest BCUT2D eigenvalue weighted by Crippen LogP contribution is -2.34. The molecule has 0 aromatic heterocycles. The number of rotatable bonds is 3. The summed E-state index contributed by atoms with van der Waals surface area (Å²) in [6.07, 6.45) is 0. The van der Waals surface area contributed by atoms with Gasteiger partial charge in [-0.1, -0.05) is 5.23 Å². The quantitative estimate of drug-likeness (QED) is 0.273. The first-order chi connectivity index (χ1) is 3.63. The Morgan fingerprint density at radius 2 is 1.62 bits per heavy atom. The van der Waals surface area contributed by atoms with E-state index in [4.69, 9.17) is 15.6 Å². The second-order valence-corrected chi connectivity index (χ2v) is 1.26. The van der Waals surface area contributed by atoms with Crippen LogP contribution in [0.5, 0.6) is 0 Å². The molecule has 0 atom stereocenters. The SMILES string of the molecule is NN(O)CCN(O)O. The average Bonchev–Trinajstić information content (AvgIpc) is 1.61. The fraction of sp³-hybridized carbons (Fsp3) is 1.00. The molecule has 8 heavy (non-hydrogen) atoms. The van der Waals surface area contributed by atoms with E-state index in [9.17, 15) is 0 Å². The molecule has 0 saturated carbocycles. The van der Waals surface area contributed by atoms with Crippen molar-refractivity contribution >= 4 is 0 Å². The lowest BCUT2D eigenvalue weighted by Gasteiger charge is -2.08. The van der Waals surface area contributed by atoms with Crippen molar-refractivity contribution in [3.8, 4) is 0 Å². The maximum atomic E-state index is 8.16. The minimum atomic E-state index is -0.118. The number of nitrogens with zero attached hydrogens (tertiary/aromatic N) is 2. The Morgan fingerprint density at radius 1 is 1.12 bits per heavy atom. The lowest BCUT2D eigenvalue weighted by atomic mass is 10.7. The molecule has 0 fully saturated rings. The highest BCUT2D eigenvalue weighted by Gasteiger charge is 1.94. The Kier molecular flexibility index (Phi) is 3.61. The molecule has 6 nitrogen and oxygen atoms in total. The van der Waals surface area contributed by atoms with Gasteiger partial charge in [0.15, 0.2) is 0 Å². The molecule has 0 rings (SSSR count). The molecule has 0 aromatic carbocycles. The number of nitrogens with two attached hydrogens (primary N) is 1. The molecule has 6 heteroatoms. The van der Waals surface area contributed by atoms with Crippen LogP contribution >= 0.6 is 0 Å². The fourth-order valence-corrected chi connectivity index (χ4v) is 0.192. The summed E-state index contributed by atoms with van der Waals surface area (Å²) in [5.74, 6) is 4.68. The highest BCUT2D eigenvalue weighted by molar-refractivity contribution is 4.31. The van der Waals surface area contributed by atoms with E-state index >= 15 is 0 Å². The summed E-state index contributed by atoms with van der Waals surface area (Å²) in [6.45, 7) is -0.139. The maximum Gasteiger partial charge on any atom is 0.0678 e. The lowest BCUT2D eigenvalue weighted by molar-refractivity contribution is -0.312. The van der Waals surface area contributed by atoms with E-state index in [-0.39, 0.29) is 18.3 Å². The van der Waals surface area contributed by atoms with Crippen molar-refractivity contribution in [3.05, 3.63) is 0 Å². The van der Waals surface area contributed by atoms with Gasteiger partial charge < -0.3 is 0 Å². The predicted molar refractivity (Wildman–Crippen MR) is 23.0 cm³/mol. The molecule has 50 valence electrons. The third kappa shape index (κ3) is 5.76. The number of hydrazine groups is 1. The standard InChI is InChI=1S/C2H9N3O3/c3-4(6)1-2-5(7)8/h6-8H,1-3H2. The van der Waals surface area contributed by atoms with E-state index in [0.29, 0.717) is 5.17 Å². The van der Waals surface area contributed by atoms with E-state index in [0.717, 1.165) is 0 Å². The summed E-state index contributed by atoms with van der Waals surface area (Å²) >= 11 is 0. The molecule has 0 heterocycles. The number of hydrogen-bond acceptors (Lipinski definition) is 6. The highest BCUT2D eigenvalue weighted by atomic mass is 16.8. The van der Waals surface area contributed by atoms with Crippen molar-refractivity contribution in [2.75, 3.05) is 13.1 Å². The molecule has 0 aliphatic carbocycles. The second kappa shape index (κ2) is 3.72. The van der Waals surface area contributed by atoms with Crippen LogP contribution in [0.2, 0.25) is 0 Å². The van der Waals surface area contributed by atoms with E-state index in [1.54, 1.807) is 0 Å². The number of hydroxylamine groups is 3. The zero-order valence-corrected chi connectivity index (χ0v) is 4.23. The molecule has 0 unspecified atom stereocenters. The first-order valence-corrected chi connectivity index (χ1v) is 1.99. The van der Waals surface area contributed by atoms with Crippen LogP contribution in [0.4, 0.5) is 0 Å². The molecule has 0 aliphatic heterocycles. The summed E-state index contributed by atoms with van der Waals surface area (Å²) < 4.78 is 0. The molecular weight excluding hydrogens is 114 g/mol. The van der Waals surface area contributed by atoms with Crippen molar-refractivity contribution in [2.45, 2.75) is 0 Å². The minimum Gasteiger partial charge on any atom is -0.299 e. The second-order valence-electron chi connectivity index (χ2n) is 1.26. The maximum absolute atomic E-state index is 8.16. The molecular formula is C2H9N3O3. The Hall–Kier alpha value is -0.240. The van der Waals surface area contributed by atoms with Crippen molar-refractivity contribution in [1.82, 2.24) is 10.4 Å². The molecule has 0 amide bonds. The zero-order chi connectivity index (χ0) is 6.57. The van der Waals surface area contributed by atoms with Crippen LogP contribution < -0.4 is 5.84 Å². The van der Waals surface area contributed by atoms with Gasteiger partial charge in [-0.15, -0.1) is 5.17 Å². The van der Waals surface area contributed by atoms with Crippen LogP contribution in [0.15, 0.2) is 0 Å². The topological polar surface area (TPSA) is 93.2 Å². The van der Waals surface area contributed by atoms with E-state index in [1.165, 1.54) is 0 Å². The van der Waals surface area contributed by atoms with Gasteiger partial charge in [0.25, 0.3) is 0 Å². The monoisotopic (exact) mass is 123 g/mol. The van der Waals surface area contributed by atoms with Gasteiger partial charge in [-0.2, -0.15) is 0 Å². The van der Waals surface area contributed by atoms with Crippen LogP contribution in [-0.2, 0) is 0 Å². The van der Waals surface area contributed by atoms with Gasteiger partial charge in [-0.25, -0.2) is 5.84 Å². The van der Waals surface area contributed by atoms with E-state index in [1.807, 2.05) is 0 Å². The summed E-state index contributed by atoms with van der Waals surface area (Å²) in [5.41, 5.74) is 0. The molecule has 0 spiro atoms. The summed E-state index contributed by atoms with van der Waals surface area (Å²) in [7, 11) is 0. The Balaban J connectivity index is 2.93. The number of hydrogen-bond donors (Lipinski definition) is 4. The Bertz CT molecular complexity index is 48.5. The summed E-state index contributed by atoms with van der Waals surface area (Å²) in [5, 5.41) is 24.5. The molecule has 5 N–H and O–H groups in total. The van der Waals surface area contributed by atoms with Crippen LogP contribution in [0.1, 0.15) is 0 Å². The van der Waals surface area contributed by atoms with E-state index in [2.05, 4.69) is 5.84 Å². The fourth-order valence-electron chi connectivity index (χ4n) is 0.192. The molecule has 0 aromatic rings. The first kappa shape index (κ1) is 7.76. The zero-order valence-electron chi connectivity index (χ0n) is 4.23. The van der Waals surface area contributed by atoms with Gasteiger partial charge in [0.05, 0.1) is 13.1 Å².